The zero-order valence-corrected chi connectivity index (χ0v) is 17.6. The third-order valence-corrected chi connectivity index (χ3v) is 5.18. The second-order valence-corrected chi connectivity index (χ2v) is 7.38. The quantitative estimate of drug-likeness (QED) is 0.686. The lowest BCUT2D eigenvalue weighted by molar-refractivity contribution is -0.118. The minimum absolute atomic E-state index is 0.170. The van der Waals surface area contributed by atoms with Crippen molar-refractivity contribution < 1.29 is 23.9 Å². The normalized spacial score (nSPS) is 10.3. The Morgan fingerprint density at radius 1 is 1.21 bits per heavy atom. The highest BCUT2D eigenvalue weighted by Crippen LogP contribution is 2.34. The Morgan fingerprint density at radius 3 is 2.50 bits per heavy atom. The van der Waals surface area contributed by atoms with Crippen LogP contribution in [0.15, 0.2) is 24.3 Å². The molecular weight excluding hydrogens is 404 g/mol. The number of nitrogens with zero attached hydrogens (tertiary/aromatic N) is 1. The zero-order chi connectivity index (χ0) is 20.8. The number of carbonyl (C=O) groups is 3. The predicted molar refractivity (Wildman–Crippen MR) is 109 cm³/mol. The van der Waals surface area contributed by atoms with Gasteiger partial charge in [-0.1, -0.05) is 23.7 Å². The van der Waals surface area contributed by atoms with Gasteiger partial charge in [0.25, 0.3) is 11.8 Å². The van der Waals surface area contributed by atoms with Gasteiger partial charge in [-0.15, -0.1) is 11.3 Å². The fourth-order valence-corrected chi connectivity index (χ4v) is 3.75. The minimum atomic E-state index is -0.601. The van der Waals surface area contributed by atoms with Crippen molar-refractivity contribution >= 4 is 45.7 Å². The second kappa shape index (κ2) is 9.57. The molecule has 28 heavy (non-hydrogen) atoms. The molecule has 7 nitrogen and oxygen atoms in total. The van der Waals surface area contributed by atoms with E-state index in [0.717, 1.165) is 11.3 Å². The Morgan fingerprint density at radius 2 is 1.89 bits per heavy atom. The Balaban J connectivity index is 2.24. The molecule has 0 radical (unpaired) electrons. The number of para-hydroxylation sites is 1. The van der Waals surface area contributed by atoms with E-state index < -0.39 is 11.9 Å². The van der Waals surface area contributed by atoms with Crippen molar-refractivity contribution in [2.24, 2.45) is 0 Å². The highest BCUT2D eigenvalue weighted by Gasteiger charge is 2.27. The first kappa shape index (κ1) is 21.7. The number of ether oxygens (including phenoxy) is 2. The van der Waals surface area contributed by atoms with Crippen molar-refractivity contribution in [1.29, 1.82) is 0 Å². The van der Waals surface area contributed by atoms with Crippen LogP contribution in [-0.4, -0.2) is 50.0 Å². The van der Waals surface area contributed by atoms with Gasteiger partial charge in [-0.3, -0.25) is 9.59 Å². The average molecular weight is 425 g/mol. The number of halogens is 1. The summed E-state index contributed by atoms with van der Waals surface area (Å²) in [6, 6.07) is 6.77. The summed E-state index contributed by atoms with van der Waals surface area (Å²) in [6.07, 6.45) is 0. The van der Waals surface area contributed by atoms with Gasteiger partial charge in [0.15, 0.2) is 6.61 Å². The Labute approximate surface area is 172 Å². The third-order valence-electron chi connectivity index (χ3n) is 3.68. The van der Waals surface area contributed by atoms with E-state index in [2.05, 4.69) is 5.32 Å². The number of rotatable bonds is 7. The molecule has 1 aromatic carbocycles. The summed E-state index contributed by atoms with van der Waals surface area (Å²) >= 11 is 7.02. The fourth-order valence-electron chi connectivity index (χ4n) is 2.33. The summed E-state index contributed by atoms with van der Waals surface area (Å²) in [4.78, 5) is 38.8. The summed E-state index contributed by atoms with van der Waals surface area (Å²) in [5.41, 5.74) is 0.632. The van der Waals surface area contributed by atoms with Crippen LogP contribution in [-0.2, 0) is 9.53 Å². The number of hydrogen-bond acceptors (Lipinski definition) is 6. The molecular formula is C19H21ClN2O5S. The highest BCUT2D eigenvalue weighted by atomic mass is 35.5. The first-order valence-corrected chi connectivity index (χ1v) is 9.65. The summed E-state index contributed by atoms with van der Waals surface area (Å²) in [6.45, 7) is 3.20. The monoisotopic (exact) mass is 424 g/mol. The molecule has 0 bridgehead atoms. The average Bonchev–Trinajstić information content (AvgIpc) is 2.96. The fraction of sp³-hybridized carbons (Fsp3) is 0.316. The van der Waals surface area contributed by atoms with E-state index in [1.807, 2.05) is 0 Å². The van der Waals surface area contributed by atoms with Gasteiger partial charge < -0.3 is 19.7 Å². The van der Waals surface area contributed by atoms with Crippen LogP contribution in [0.5, 0.6) is 5.75 Å². The zero-order valence-electron chi connectivity index (χ0n) is 16.0. The first-order valence-electron chi connectivity index (χ1n) is 8.45. The van der Waals surface area contributed by atoms with Crippen molar-refractivity contribution in [1.82, 2.24) is 4.90 Å². The smallest absolute Gasteiger partial charge is 0.341 e. The molecule has 1 N–H and O–H groups in total. The predicted octanol–water partition coefficient (Wildman–Crippen LogP) is 3.61. The van der Waals surface area contributed by atoms with Gasteiger partial charge >= 0.3 is 5.97 Å². The molecule has 0 saturated heterocycles. The topological polar surface area (TPSA) is 84.9 Å². The number of thiophene rings is 1. The van der Waals surface area contributed by atoms with Crippen LogP contribution in [0.2, 0.25) is 5.02 Å². The van der Waals surface area contributed by atoms with E-state index in [1.165, 1.54) is 4.90 Å². The van der Waals surface area contributed by atoms with Gasteiger partial charge in [-0.25, -0.2) is 4.79 Å². The SMILES string of the molecule is CCOC(=O)c1c(NC(=O)COc2ccccc2Cl)sc(C(=O)N(C)C)c1C. The van der Waals surface area contributed by atoms with Gasteiger partial charge in [0, 0.05) is 14.1 Å². The number of nitrogens with one attached hydrogen (secondary N) is 1. The molecule has 0 aliphatic heterocycles. The van der Waals surface area contributed by atoms with Crippen LogP contribution < -0.4 is 10.1 Å². The number of amides is 2. The first-order chi connectivity index (χ1) is 13.3. The van der Waals surface area contributed by atoms with E-state index in [0.29, 0.717) is 21.2 Å². The molecule has 2 amide bonds. The number of hydrogen-bond donors (Lipinski definition) is 1. The van der Waals surface area contributed by atoms with Gasteiger partial charge in [-0.05, 0) is 31.5 Å². The van der Waals surface area contributed by atoms with Gasteiger partial charge in [-0.2, -0.15) is 0 Å². The lowest BCUT2D eigenvalue weighted by Crippen LogP contribution is -2.21. The van der Waals surface area contributed by atoms with Crippen molar-refractivity contribution in [2.75, 3.05) is 32.6 Å². The second-order valence-electron chi connectivity index (χ2n) is 5.95. The lowest BCUT2D eigenvalue weighted by atomic mass is 10.1. The van der Waals surface area contributed by atoms with Gasteiger partial charge in [0.1, 0.15) is 10.8 Å². The molecule has 150 valence electrons. The van der Waals surface area contributed by atoms with Crippen LogP contribution in [0.25, 0.3) is 0 Å². The van der Waals surface area contributed by atoms with E-state index in [9.17, 15) is 14.4 Å². The number of benzene rings is 1. The Hall–Kier alpha value is -2.58. The van der Waals surface area contributed by atoms with Crippen LogP contribution >= 0.6 is 22.9 Å². The van der Waals surface area contributed by atoms with E-state index in [1.54, 1.807) is 52.2 Å². The molecule has 2 aromatic rings. The van der Waals surface area contributed by atoms with Crippen LogP contribution in [0.1, 0.15) is 32.5 Å². The summed E-state index contributed by atoms with van der Waals surface area (Å²) in [5, 5.41) is 3.26. The van der Waals surface area contributed by atoms with E-state index >= 15 is 0 Å². The minimum Gasteiger partial charge on any atom is -0.482 e. The maximum Gasteiger partial charge on any atom is 0.341 e. The van der Waals surface area contributed by atoms with Crippen molar-refractivity contribution in [3.05, 3.63) is 45.3 Å². The molecule has 0 aliphatic carbocycles. The molecule has 0 saturated carbocycles. The highest BCUT2D eigenvalue weighted by molar-refractivity contribution is 7.18. The summed E-state index contributed by atoms with van der Waals surface area (Å²) in [5.74, 6) is -0.983. The van der Waals surface area contributed by atoms with Crippen molar-refractivity contribution in [3.63, 3.8) is 0 Å². The lowest BCUT2D eigenvalue weighted by Gasteiger charge is -2.09. The third kappa shape index (κ3) is 5.02. The van der Waals surface area contributed by atoms with Crippen LogP contribution in [0.4, 0.5) is 5.00 Å². The number of anilines is 1. The standard InChI is InChI=1S/C19H21ClN2O5S/c1-5-26-19(25)15-11(2)16(18(24)22(3)4)28-17(15)21-14(23)10-27-13-9-7-6-8-12(13)20/h6-9H,5,10H2,1-4H3,(H,21,23). The molecule has 0 unspecified atom stereocenters. The summed E-state index contributed by atoms with van der Waals surface area (Å²) in [7, 11) is 3.22. The van der Waals surface area contributed by atoms with Crippen LogP contribution in [0, 0.1) is 6.92 Å². The number of carbonyl (C=O) groups excluding carboxylic acids is 3. The van der Waals surface area contributed by atoms with Gasteiger partial charge in [0.05, 0.1) is 22.1 Å². The maximum absolute atomic E-state index is 12.4. The maximum atomic E-state index is 12.4. The summed E-state index contributed by atoms with van der Waals surface area (Å²) < 4.78 is 10.5. The van der Waals surface area contributed by atoms with E-state index in [-0.39, 0.29) is 29.7 Å². The molecule has 0 aliphatic rings. The molecule has 1 aromatic heterocycles. The van der Waals surface area contributed by atoms with Crippen molar-refractivity contribution in [3.8, 4) is 5.75 Å². The Kier molecular flexibility index (Phi) is 7.42. The number of esters is 1. The molecule has 0 spiro atoms. The molecule has 0 fully saturated rings. The molecule has 9 heteroatoms. The Bertz CT molecular complexity index is 894. The van der Waals surface area contributed by atoms with Gasteiger partial charge in [0.2, 0.25) is 0 Å². The molecule has 2 rings (SSSR count). The molecule has 0 atom stereocenters. The molecule has 1 heterocycles. The van der Waals surface area contributed by atoms with Crippen molar-refractivity contribution in [2.45, 2.75) is 13.8 Å². The largest absolute Gasteiger partial charge is 0.482 e. The van der Waals surface area contributed by atoms with E-state index in [4.69, 9.17) is 21.1 Å². The van der Waals surface area contributed by atoms with Crippen LogP contribution in [0.3, 0.4) is 0 Å².